The van der Waals surface area contributed by atoms with Crippen LogP contribution < -0.4 is 5.32 Å². The van der Waals surface area contributed by atoms with E-state index in [0.717, 1.165) is 6.42 Å². The van der Waals surface area contributed by atoms with Gasteiger partial charge in [-0.25, -0.2) is 0 Å². The molecule has 2 atom stereocenters. The van der Waals surface area contributed by atoms with Crippen LogP contribution in [0.15, 0.2) is 16.8 Å². The molecular formula is C10H17NOS. The smallest absolute Gasteiger partial charge is 0.0561 e. The number of rotatable bonds is 5. The summed E-state index contributed by atoms with van der Waals surface area (Å²) in [7, 11) is 3.75. The standard InChI is InChI=1S/C10H17NOS/c1-8(12-3)6-10(11-2)9-4-5-13-7-9/h4-5,7-8,10-11H,6H2,1-3H3. The van der Waals surface area contributed by atoms with Gasteiger partial charge in [0.25, 0.3) is 0 Å². The fourth-order valence-corrected chi connectivity index (χ4v) is 2.04. The summed E-state index contributed by atoms with van der Waals surface area (Å²) >= 11 is 1.74. The van der Waals surface area contributed by atoms with Crippen LogP contribution in [0.4, 0.5) is 0 Å². The topological polar surface area (TPSA) is 21.3 Å². The van der Waals surface area contributed by atoms with Crippen molar-refractivity contribution in [3.8, 4) is 0 Å². The summed E-state index contributed by atoms with van der Waals surface area (Å²) in [6.45, 7) is 2.09. The lowest BCUT2D eigenvalue weighted by Gasteiger charge is -2.18. The van der Waals surface area contributed by atoms with E-state index in [1.165, 1.54) is 5.56 Å². The van der Waals surface area contributed by atoms with E-state index < -0.39 is 0 Å². The Balaban J connectivity index is 2.53. The Morgan fingerprint density at radius 1 is 1.62 bits per heavy atom. The normalized spacial score (nSPS) is 15.6. The van der Waals surface area contributed by atoms with Gasteiger partial charge >= 0.3 is 0 Å². The van der Waals surface area contributed by atoms with Crippen LogP contribution in [0.5, 0.6) is 0 Å². The average molecular weight is 199 g/mol. The van der Waals surface area contributed by atoms with Gasteiger partial charge in [-0.2, -0.15) is 11.3 Å². The van der Waals surface area contributed by atoms with E-state index in [1.54, 1.807) is 18.4 Å². The SMILES string of the molecule is CNC(CC(C)OC)c1ccsc1. The van der Waals surface area contributed by atoms with Gasteiger partial charge in [-0.15, -0.1) is 0 Å². The van der Waals surface area contributed by atoms with Crippen molar-refractivity contribution in [2.24, 2.45) is 0 Å². The molecule has 2 unspecified atom stereocenters. The van der Waals surface area contributed by atoms with Crippen LogP contribution in [0.3, 0.4) is 0 Å². The molecule has 0 saturated carbocycles. The monoisotopic (exact) mass is 199 g/mol. The second-order valence-corrected chi connectivity index (χ2v) is 3.96. The van der Waals surface area contributed by atoms with E-state index in [9.17, 15) is 0 Å². The van der Waals surface area contributed by atoms with Crippen LogP contribution in [-0.2, 0) is 4.74 Å². The summed E-state index contributed by atoms with van der Waals surface area (Å²) < 4.78 is 5.24. The van der Waals surface area contributed by atoms with Gasteiger partial charge in [0.15, 0.2) is 0 Å². The molecule has 0 fully saturated rings. The molecule has 2 nitrogen and oxygen atoms in total. The van der Waals surface area contributed by atoms with Gasteiger partial charge in [0.2, 0.25) is 0 Å². The molecule has 0 saturated heterocycles. The van der Waals surface area contributed by atoms with Gasteiger partial charge in [0, 0.05) is 13.2 Å². The van der Waals surface area contributed by atoms with E-state index >= 15 is 0 Å². The second-order valence-electron chi connectivity index (χ2n) is 3.18. The van der Waals surface area contributed by atoms with Gasteiger partial charge in [0.1, 0.15) is 0 Å². The minimum Gasteiger partial charge on any atom is -0.382 e. The Hall–Kier alpha value is -0.380. The summed E-state index contributed by atoms with van der Waals surface area (Å²) in [5, 5.41) is 7.59. The summed E-state index contributed by atoms with van der Waals surface area (Å²) in [5.74, 6) is 0. The summed E-state index contributed by atoms with van der Waals surface area (Å²) in [4.78, 5) is 0. The molecule has 0 spiro atoms. The highest BCUT2D eigenvalue weighted by Gasteiger charge is 2.12. The third-order valence-corrected chi connectivity index (χ3v) is 2.97. The van der Waals surface area contributed by atoms with E-state index in [1.807, 2.05) is 7.05 Å². The molecule has 1 N–H and O–H groups in total. The first-order valence-electron chi connectivity index (χ1n) is 4.50. The van der Waals surface area contributed by atoms with Crippen molar-refractivity contribution >= 4 is 11.3 Å². The third kappa shape index (κ3) is 3.10. The zero-order valence-electron chi connectivity index (χ0n) is 8.41. The third-order valence-electron chi connectivity index (χ3n) is 2.26. The highest BCUT2D eigenvalue weighted by atomic mass is 32.1. The molecule has 1 aromatic rings. The number of hydrogen-bond donors (Lipinski definition) is 1. The molecule has 3 heteroatoms. The van der Waals surface area contributed by atoms with Crippen molar-refractivity contribution in [1.29, 1.82) is 0 Å². The van der Waals surface area contributed by atoms with Crippen LogP contribution in [0.2, 0.25) is 0 Å². The summed E-state index contributed by atoms with van der Waals surface area (Å²) in [5.41, 5.74) is 1.36. The molecular weight excluding hydrogens is 182 g/mol. The van der Waals surface area contributed by atoms with Crippen LogP contribution in [0.1, 0.15) is 24.9 Å². The Kier molecular flexibility index (Phi) is 4.42. The Morgan fingerprint density at radius 2 is 2.38 bits per heavy atom. The van der Waals surface area contributed by atoms with Crippen molar-refractivity contribution < 1.29 is 4.74 Å². The lowest BCUT2D eigenvalue weighted by molar-refractivity contribution is 0.101. The molecule has 13 heavy (non-hydrogen) atoms. The maximum Gasteiger partial charge on any atom is 0.0561 e. The second kappa shape index (κ2) is 5.37. The van der Waals surface area contributed by atoms with Gasteiger partial charge in [-0.3, -0.25) is 0 Å². The van der Waals surface area contributed by atoms with Gasteiger partial charge in [-0.05, 0) is 42.8 Å². The van der Waals surface area contributed by atoms with Crippen LogP contribution >= 0.6 is 11.3 Å². The number of hydrogen-bond acceptors (Lipinski definition) is 3. The molecule has 0 bridgehead atoms. The number of methoxy groups -OCH3 is 1. The average Bonchev–Trinajstić information content (AvgIpc) is 2.66. The quantitative estimate of drug-likeness (QED) is 0.786. The van der Waals surface area contributed by atoms with Crippen LogP contribution in [0.25, 0.3) is 0 Å². The Morgan fingerprint density at radius 3 is 2.85 bits per heavy atom. The molecule has 1 aromatic heterocycles. The summed E-state index contributed by atoms with van der Waals surface area (Å²) in [6.07, 6.45) is 1.32. The molecule has 1 heterocycles. The minimum absolute atomic E-state index is 0.303. The van der Waals surface area contributed by atoms with Crippen LogP contribution in [0, 0.1) is 0 Å². The van der Waals surface area contributed by atoms with E-state index in [4.69, 9.17) is 4.74 Å². The molecule has 0 aromatic carbocycles. The first kappa shape index (κ1) is 10.7. The molecule has 74 valence electrons. The van der Waals surface area contributed by atoms with Gasteiger partial charge < -0.3 is 10.1 Å². The minimum atomic E-state index is 0.303. The first-order valence-corrected chi connectivity index (χ1v) is 5.44. The highest BCUT2D eigenvalue weighted by Crippen LogP contribution is 2.21. The lowest BCUT2D eigenvalue weighted by Crippen LogP contribution is -2.21. The number of nitrogens with one attached hydrogen (secondary N) is 1. The zero-order chi connectivity index (χ0) is 9.68. The van der Waals surface area contributed by atoms with Gasteiger partial charge in [0.05, 0.1) is 6.10 Å². The van der Waals surface area contributed by atoms with E-state index in [2.05, 4.69) is 29.1 Å². The molecule has 0 aliphatic rings. The molecule has 0 aliphatic carbocycles. The van der Waals surface area contributed by atoms with Crippen molar-refractivity contribution in [1.82, 2.24) is 5.32 Å². The predicted molar refractivity (Wildman–Crippen MR) is 57.2 cm³/mol. The van der Waals surface area contributed by atoms with Crippen molar-refractivity contribution in [3.63, 3.8) is 0 Å². The number of thiophene rings is 1. The van der Waals surface area contributed by atoms with Crippen molar-refractivity contribution in [3.05, 3.63) is 22.4 Å². The Bertz CT molecular complexity index is 223. The molecule has 1 rings (SSSR count). The molecule has 0 amide bonds. The van der Waals surface area contributed by atoms with Crippen LogP contribution in [-0.4, -0.2) is 20.3 Å². The van der Waals surface area contributed by atoms with E-state index in [-0.39, 0.29) is 0 Å². The van der Waals surface area contributed by atoms with E-state index in [0.29, 0.717) is 12.1 Å². The van der Waals surface area contributed by atoms with Crippen molar-refractivity contribution in [2.75, 3.05) is 14.2 Å². The Labute approximate surface area is 83.9 Å². The maximum absolute atomic E-state index is 5.24. The number of ether oxygens (including phenoxy) is 1. The van der Waals surface area contributed by atoms with Crippen molar-refractivity contribution in [2.45, 2.75) is 25.5 Å². The fourth-order valence-electron chi connectivity index (χ4n) is 1.32. The largest absolute Gasteiger partial charge is 0.382 e. The fraction of sp³-hybridized carbons (Fsp3) is 0.600. The lowest BCUT2D eigenvalue weighted by atomic mass is 10.0. The van der Waals surface area contributed by atoms with Gasteiger partial charge in [-0.1, -0.05) is 0 Å². The molecule has 0 radical (unpaired) electrons. The highest BCUT2D eigenvalue weighted by molar-refractivity contribution is 7.07. The molecule has 0 aliphatic heterocycles. The predicted octanol–water partition coefficient (Wildman–Crippen LogP) is 2.43. The maximum atomic E-state index is 5.24. The summed E-state index contributed by atoms with van der Waals surface area (Å²) in [6, 6.07) is 2.58. The zero-order valence-corrected chi connectivity index (χ0v) is 9.23. The first-order chi connectivity index (χ1) is 6.27.